The third-order valence-electron chi connectivity index (χ3n) is 4.47. The molecule has 7 heteroatoms. The Balaban J connectivity index is 1.99. The molecule has 0 unspecified atom stereocenters. The van der Waals surface area contributed by atoms with E-state index in [1.807, 2.05) is 42.5 Å². The highest BCUT2D eigenvalue weighted by atomic mass is 127. The Morgan fingerprint density at radius 1 is 1.11 bits per heavy atom. The summed E-state index contributed by atoms with van der Waals surface area (Å²) in [6, 6.07) is 13.4. The molecule has 27 heavy (non-hydrogen) atoms. The highest BCUT2D eigenvalue weighted by molar-refractivity contribution is 14.1. The summed E-state index contributed by atoms with van der Waals surface area (Å²) in [5, 5.41) is 1.30. The molecule has 0 saturated carbocycles. The molecule has 0 fully saturated rings. The molecular formula is C20H21ClIN3OS. The number of likely N-dealkylation sites (N-methyl/N-ethyl adjacent to an activating group) is 1. The van der Waals surface area contributed by atoms with Gasteiger partial charge in [0.25, 0.3) is 5.91 Å². The van der Waals surface area contributed by atoms with Crippen LogP contribution in [0.15, 0.2) is 42.5 Å². The number of carbonyl (C=O) groups excluding carboxylic acids is 1. The number of hydrogen-bond donors (Lipinski definition) is 0. The van der Waals surface area contributed by atoms with Crippen LogP contribution in [0.3, 0.4) is 0 Å². The van der Waals surface area contributed by atoms with E-state index in [0.29, 0.717) is 22.3 Å². The summed E-state index contributed by atoms with van der Waals surface area (Å²) in [4.78, 5) is 22.1. The first-order valence-corrected chi connectivity index (χ1v) is 11.2. The lowest BCUT2D eigenvalue weighted by molar-refractivity contribution is 0.0983. The van der Waals surface area contributed by atoms with Gasteiger partial charge in [-0.25, -0.2) is 4.98 Å². The zero-order valence-corrected chi connectivity index (χ0v) is 19.0. The van der Waals surface area contributed by atoms with Gasteiger partial charge >= 0.3 is 0 Å². The van der Waals surface area contributed by atoms with Crippen LogP contribution in [0, 0.1) is 3.57 Å². The molecule has 3 rings (SSSR count). The van der Waals surface area contributed by atoms with E-state index in [0.717, 1.165) is 33.4 Å². The number of para-hydroxylation sites is 1. The second kappa shape index (κ2) is 9.32. The van der Waals surface area contributed by atoms with E-state index < -0.39 is 0 Å². The second-order valence-electron chi connectivity index (χ2n) is 6.05. The second-order valence-corrected chi connectivity index (χ2v) is 8.63. The van der Waals surface area contributed by atoms with Crippen molar-refractivity contribution in [3.63, 3.8) is 0 Å². The first kappa shape index (κ1) is 20.5. The molecular weight excluding hydrogens is 493 g/mol. The fourth-order valence-electron chi connectivity index (χ4n) is 2.86. The Morgan fingerprint density at radius 2 is 1.85 bits per heavy atom. The van der Waals surface area contributed by atoms with Gasteiger partial charge < -0.3 is 4.90 Å². The molecule has 0 bridgehead atoms. The minimum atomic E-state index is -0.0256. The summed E-state index contributed by atoms with van der Waals surface area (Å²) in [5.41, 5.74) is 1.45. The van der Waals surface area contributed by atoms with Gasteiger partial charge in [0.2, 0.25) is 0 Å². The van der Waals surface area contributed by atoms with Gasteiger partial charge in [0.15, 0.2) is 5.13 Å². The highest BCUT2D eigenvalue weighted by Crippen LogP contribution is 2.33. The number of halogens is 2. The Bertz CT molecular complexity index is 942. The number of nitrogens with zero attached hydrogens (tertiary/aromatic N) is 3. The summed E-state index contributed by atoms with van der Waals surface area (Å²) in [7, 11) is 0. The topological polar surface area (TPSA) is 36.4 Å². The van der Waals surface area contributed by atoms with Crippen LogP contribution in [0.25, 0.3) is 10.2 Å². The fourth-order valence-corrected chi connectivity index (χ4v) is 4.77. The van der Waals surface area contributed by atoms with E-state index in [4.69, 9.17) is 11.6 Å². The van der Waals surface area contributed by atoms with Gasteiger partial charge in [-0.1, -0.05) is 55.0 Å². The van der Waals surface area contributed by atoms with E-state index in [1.165, 1.54) is 11.3 Å². The van der Waals surface area contributed by atoms with Crippen LogP contribution in [0.2, 0.25) is 5.02 Å². The summed E-state index contributed by atoms with van der Waals surface area (Å²) >= 11 is 10.0. The highest BCUT2D eigenvalue weighted by Gasteiger charge is 2.23. The average molecular weight is 514 g/mol. The molecule has 1 amide bonds. The number of benzene rings is 2. The number of anilines is 1. The first-order valence-electron chi connectivity index (χ1n) is 8.89. The normalized spacial score (nSPS) is 11.3. The van der Waals surface area contributed by atoms with Gasteiger partial charge in [-0.05, 0) is 59.9 Å². The number of aromatic nitrogens is 1. The number of rotatable bonds is 7. The van der Waals surface area contributed by atoms with Crippen LogP contribution in [-0.4, -0.2) is 42.0 Å². The molecule has 0 aliphatic rings. The smallest absolute Gasteiger partial charge is 0.261 e. The molecule has 0 saturated heterocycles. The Morgan fingerprint density at radius 3 is 2.52 bits per heavy atom. The van der Waals surface area contributed by atoms with Crippen LogP contribution >= 0.6 is 45.5 Å². The van der Waals surface area contributed by atoms with Crippen molar-refractivity contribution in [2.45, 2.75) is 13.8 Å². The largest absolute Gasteiger partial charge is 0.302 e. The quantitative estimate of drug-likeness (QED) is 0.389. The number of hydrogen-bond acceptors (Lipinski definition) is 4. The van der Waals surface area contributed by atoms with Crippen LogP contribution in [0.4, 0.5) is 5.13 Å². The standard InChI is InChI=1S/C20H21ClIN3OS/c1-3-24(4-2)12-13-25(19(26)14-8-5-6-10-16(14)22)20-23-18-15(21)9-7-11-17(18)27-20/h5-11H,3-4,12-13H2,1-2H3. The molecule has 1 heterocycles. The predicted octanol–water partition coefficient (Wildman–Crippen LogP) is 5.54. The van der Waals surface area contributed by atoms with Gasteiger partial charge in [0.05, 0.1) is 15.3 Å². The summed E-state index contributed by atoms with van der Waals surface area (Å²) in [6.45, 7) is 7.55. The zero-order valence-electron chi connectivity index (χ0n) is 15.3. The molecule has 2 aromatic carbocycles. The van der Waals surface area contributed by atoms with E-state index >= 15 is 0 Å². The van der Waals surface area contributed by atoms with E-state index in [2.05, 4.69) is 46.3 Å². The third kappa shape index (κ3) is 4.62. The van der Waals surface area contributed by atoms with Crippen molar-refractivity contribution in [2.24, 2.45) is 0 Å². The molecule has 0 radical (unpaired) electrons. The van der Waals surface area contributed by atoms with Gasteiger partial charge in [-0.2, -0.15) is 0 Å². The van der Waals surface area contributed by atoms with Crippen LogP contribution in [-0.2, 0) is 0 Å². The lowest BCUT2D eigenvalue weighted by Crippen LogP contribution is -2.39. The summed E-state index contributed by atoms with van der Waals surface area (Å²) in [5.74, 6) is -0.0256. The average Bonchev–Trinajstić information content (AvgIpc) is 3.10. The van der Waals surface area contributed by atoms with Crippen molar-refractivity contribution in [1.29, 1.82) is 0 Å². The maximum Gasteiger partial charge on any atom is 0.261 e. The lowest BCUT2D eigenvalue weighted by Gasteiger charge is -2.25. The molecule has 0 atom stereocenters. The number of thiazole rings is 1. The minimum absolute atomic E-state index is 0.0256. The third-order valence-corrected chi connectivity index (χ3v) is 6.76. The van der Waals surface area contributed by atoms with E-state index in [1.54, 1.807) is 4.90 Å². The van der Waals surface area contributed by atoms with E-state index in [-0.39, 0.29) is 5.91 Å². The molecule has 0 N–H and O–H groups in total. The van der Waals surface area contributed by atoms with E-state index in [9.17, 15) is 4.79 Å². The van der Waals surface area contributed by atoms with Gasteiger partial charge in [-0.3, -0.25) is 9.69 Å². The Kier molecular flexibility index (Phi) is 7.08. The SMILES string of the molecule is CCN(CC)CCN(C(=O)c1ccccc1I)c1nc2c(Cl)cccc2s1. The molecule has 4 nitrogen and oxygen atoms in total. The number of amides is 1. The molecule has 0 spiro atoms. The van der Waals surface area contributed by atoms with Gasteiger partial charge in [0, 0.05) is 16.7 Å². The van der Waals surface area contributed by atoms with Crippen molar-refractivity contribution in [2.75, 3.05) is 31.1 Å². The van der Waals surface area contributed by atoms with Crippen molar-refractivity contribution in [3.8, 4) is 0 Å². The molecule has 3 aromatic rings. The summed E-state index contributed by atoms with van der Waals surface area (Å²) < 4.78 is 1.92. The summed E-state index contributed by atoms with van der Waals surface area (Å²) in [6.07, 6.45) is 0. The number of fused-ring (bicyclic) bond motifs is 1. The van der Waals surface area contributed by atoms with Crippen LogP contribution < -0.4 is 4.90 Å². The van der Waals surface area contributed by atoms with Crippen molar-refractivity contribution >= 4 is 66.8 Å². The van der Waals surface area contributed by atoms with Gasteiger partial charge in [-0.15, -0.1) is 0 Å². The first-order chi connectivity index (χ1) is 13.0. The Hall–Kier alpha value is -1.22. The lowest BCUT2D eigenvalue weighted by atomic mass is 10.2. The maximum atomic E-state index is 13.4. The van der Waals surface area contributed by atoms with Crippen molar-refractivity contribution in [3.05, 3.63) is 56.6 Å². The van der Waals surface area contributed by atoms with Crippen molar-refractivity contribution in [1.82, 2.24) is 9.88 Å². The monoisotopic (exact) mass is 513 g/mol. The Labute approximate surface area is 182 Å². The zero-order chi connectivity index (χ0) is 19.4. The van der Waals surface area contributed by atoms with Gasteiger partial charge in [0.1, 0.15) is 5.52 Å². The van der Waals surface area contributed by atoms with Crippen molar-refractivity contribution < 1.29 is 4.79 Å². The predicted molar refractivity (Wildman–Crippen MR) is 123 cm³/mol. The number of carbonyl (C=O) groups is 1. The van der Waals surface area contributed by atoms with Crippen LogP contribution in [0.1, 0.15) is 24.2 Å². The van der Waals surface area contributed by atoms with Crippen LogP contribution in [0.5, 0.6) is 0 Å². The molecule has 0 aliphatic carbocycles. The molecule has 0 aliphatic heterocycles. The fraction of sp³-hybridized carbons (Fsp3) is 0.300. The minimum Gasteiger partial charge on any atom is -0.302 e. The molecule has 1 aromatic heterocycles. The molecule has 142 valence electrons. The maximum absolute atomic E-state index is 13.4.